The van der Waals surface area contributed by atoms with Gasteiger partial charge in [-0.2, -0.15) is 0 Å². The predicted octanol–water partition coefficient (Wildman–Crippen LogP) is 4.68. The van der Waals surface area contributed by atoms with Gasteiger partial charge in [0.1, 0.15) is 12.4 Å². The summed E-state index contributed by atoms with van der Waals surface area (Å²) in [6.45, 7) is 0.768. The first kappa shape index (κ1) is 17.9. The third kappa shape index (κ3) is 5.97. The Morgan fingerprint density at radius 2 is 2.00 bits per heavy atom. The molecule has 126 valence electrons. The number of nitrogens with one attached hydrogen (secondary N) is 1. The first-order valence-electron chi connectivity index (χ1n) is 7.63. The van der Waals surface area contributed by atoms with Gasteiger partial charge < -0.3 is 14.8 Å². The summed E-state index contributed by atoms with van der Waals surface area (Å²) in [6, 6.07) is 15.0. The number of methoxy groups -OCH3 is 1. The highest BCUT2D eigenvalue weighted by Gasteiger charge is 2.02. The van der Waals surface area contributed by atoms with E-state index in [1.54, 1.807) is 13.2 Å². The summed E-state index contributed by atoms with van der Waals surface area (Å²) < 4.78 is 10.4. The number of carbonyl (C=O) groups excluding carboxylic acids is 1. The molecule has 0 aromatic heterocycles. The van der Waals surface area contributed by atoms with E-state index in [4.69, 9.17) is 21.1 Å². The molecule has 0 aliphatic heterocycles. The van der Waals surface area contributed by atoms with E-state index >= 15 is 0 Å². The lowest BCUT2D eigenvalue weighted by Gasteiger charge is -2.06. The molecule has 1 amide bonds. The molecule has 5 heteroatoms. The minimum Gasteiger partial charge on any atom is -0.496 e. The lowest BCUT2D eigenvalue weighted by Crippen LogP contribution is -2.24. The Morgan fingerprint density at radius 3 is 2.75 bits per heavy atom. The van der Waals surface area contributed by atoms with E-state index in [0.29, 0.717) is 23.7 Å². The third-order valence-electron chi connectivity index (χ3n) is 3.29. The minimum atomic E-state index is -0.420. The number of carbonyl (C=O) groups is 1. The zero-order valence-electron chi connectivity index (χ0n) is 13.5. The summed E-state index contributed by atoms with van der Waals surface area (Å²) in [6.07, 6.45) is 4.16. The Hall–Kier alpha value is -2.46. The standard InChI is InChI=1S/C19H20ClNO3/c1-23-18-13-17(20)11-10-16(18)9-5-6-12-21-19(22)24-14-15-7-3-2-4-8-15/h2-5,7-11,13H,6,12,14H2,1H3,(H,21,22). The first-order chi connectivity index (χ1) is 11.7. The number of alkyl carbamates (subject to hydrolysis) is 1. The number of hydrogen-bond donors (Lipinski definition) is 1. The molecule has 2 aromatic carbocycles. The highest BCUT2D eigenvalue weighted by Crippen LogP contribution is 2.24. The fourth-order valence-corrected chi connectivity index (χ4v) is 2.23. The Kier molecular flexibility index (Phi) is 7.18. The molecule has 0 heterocycles. The normalized spacial score (nSPS) is 10.6. The number of hydrogen-bond acceptors (Lipinski definition) is 3. The topological polar surface area (TPSA) is 47.6 Å². The number of ether oxygens (including phenoxy) is 2. The SMILES string of the molecule is COc1cc(Cl)ccc1C=CCCNC(=O)OCc1ccccc1. The molecular weight excluding hydrogens is 326 g/mol. The second-order valence-corrected chi connectivity index (χ2v) is 5.50. The predicted molar refractivity (Wildman–Crippen MR) is 96.3 cm³/mol. The second-order valence-electron chi connectivity index (χ2n) is 5.07. The van der Waals surface area contributed by atoms with Crippen molar-refractivity contribution in [3.8, 4) is 5.75 Å². The van der Waals surface area contributed by atoms with Gasteiger partial charge in [0.05, 0.1) is 7.11 Å². The van der Waals surface area contributed by atoms with Crippen molar-refractivity contribution in [1.29, 1.82) is 0 Å². The van der Waals surface area contributed by atoms with Gasteiger partial charge in [-0.25, -0.2) is 4.79 Å². The Balaban J connectivity index is 1.69. The van der Waals surface area contributed by atoms with Crippen molar-refractivity contribution in [2.45, 2.75) is 13.0 Å². The molecule has 0 unspecified atom stereocenters. The van der Waals surface area contributed by atoms with Crippen LogP contribution in [-0.4, -0.2) is 19.7 Å². The average Bonchev–Trinajstić information content (AvgIpc) is 2.61. The van der Waals surface area contributed by atoms with Crippen LogP contribution >= 0.6 is 11.6 Å². The molecule has 24 heavy (non-hydrogen) atoms. The van der Waals surface area contributed by atoms with Gasteiger partial charge >= 0.3 is 6.09 Å². The molecule has 0 fully saturated rings. The Labute approximate surface area is 147 Å². The number of halogens is 1. The smallest absolute Gasteiger partial charge is 0.407 e. The number of benzene rings is 2. The number of rotatable bonds is 7. The van der Waals surface area contributed by atoms with Gasteiger partial charge in [0.15, 0.2) is 0 Å². The van der Waals surface area contributed by atoms with Crippen molar-refractivity contribution in [3.63, 3.8) is 0 Å². The average molecular weight is 346 g/mol. The maximum absolute atomic E-state index is 11.6. The van der Waals surface area contributed by atoms with Gasteiger partial charge in [0.2, 0.25) is 0 Å². The van der Waals surface area contributed by atoms with Crippen molar-refractivity contribution in [2.24, 2.45) is 0 Å². The van der Waals surface area contributed by atoms with Crippen LogP contribution in [0.3, 0.4) is 0 Å². The highest BCUT2D eigenvalue weighted by molar-refractivity contribution is 6.30. The van der Waals surface area contributed by atoms with Crippen molar-refractivity contribution in [1.82, 2.24) is 5.32 Å². The number of amides is 1. The molecule has 1 N–H and O–H groups in total. The van der Waals surface area contributed by atoms with Crippen molar-refractivity contribution < 1.29 is 14.3 Å². The molecule has 4 nitrogen and oxygen atoms in total. The third-order valence-corrected chi connectivity index (χ3v) is 3.52. The van der Waals surface area contributed by atoms with Crippen molar-refractivity contribution in [2.75, 3.05) is 13.7 Å². The van der Waals surface area contributed by atoms with Crippen LogP contribution in [0.2, 0.25) is 5.02 Å². The monoisotopic (exact) mass is 345 g/mol. The van der Waals surface area contributed by atoms with E-state index in [1.165, 1.54) is 0 Å². The minimum absolute atomic E-state index is 0.268. The largest absolute Gasteiger partial charge is 0.496 e. The van der Waals surface area contributed by atoms with Crippen LogP contribution in [-0.2, 0) is 11.3 Å². The second kappa shape index (κ2) is 9.63. The van der Waals surface area contributed by atoms with Crippen LogP contribution in [0.1, 0.15) is 17.5 Å². The molecule has 0 atom stereocenters. The summed E-state index contributed by atoms with van der Waals surface area (Å²) >= 11 is 5.92. The molecule has 0 saturated heterocycles. The van der Waals surface area contributed by atoms with E-state index in [-0.39, 0.29) is 6.61 Å². The fraction of sp³-hybridized carbons (Fsp3) is 0.211. The van der Waals surface area contributed by atoms with Gasteiger partial charge in [0.25, 0.3) is 0 Å². The summed E-state index contributed by atoms with van der Waals surface area (Å²) in [4.78, 5) is 11.6. The van der Waals surface area contributed by atoms with Gasteiger partial charge in [0, 0.05) is 17.1 Å². The van der Waals surface area contributed by atoms with E-state index in [2.05, 4.69) is 5.32 Å². The molecule has 0 aliphatic carbocycles. The van der Waals surface area contributed by atoms with E-state index in [1.807, 2.05) is 54.6 Å². The molecular formula is C19H20ClNO3. The summed E-state index contributed by atoms with van der Waals surface area (Å²) in [5.41, 5.74) is 1.90. The van der Waals surface area contributed by atoms with E-state index < -0.39 is 6.09 Å². The molecule has 0 spiro atoms. The summed E-state index contributed by atoms with van der Waals surface area (Å²) in [5, 5.41) is 3.34. The molecule has 2 aromatic rings. The maximum Gasteiger partial charge on any atom is 0.407 e. The van der Waals surface area contributed by atoms with Crippen LogP contribution in [0.4, 0.5) is 4.79 Å². The molecule has 0 bridgehead atoms. The summed E-state index contributed by atoms with van der Waals surface area (Å²) in [7, 11) is 1.60. The van der Waals surface area contributed by atoms with Gasteiger partial charge in [-0.3, -0.25) is 0 Å². The zero-order chi connectivity index (χ0) is 17.2. The molecule has 2 rings (SSSR count). The van der Waals surface area contributed by atoms with Crippen LogP contribution in [0.25, 0.3) is 6.08 Å². The highest BCUT2D eigenvalue weighted by atomic mass is 35.5. The fourth-order valence-electron chi connectivity index (χ4n) is 2.06. The molecule has 0 radical (unpaired) electrons. The van der Waals surface area contributed by atoms with Crippen LogP contribution in [0.5, 0.6) is 5.75 Å². The lowest BCUT2D eigenvalue weighted by molar-refractivity contribution is 0.140. The van der Waals surface area contributed by atoms with Crippen LogP contribution in [0, 0.1) is 0 Å². The van der Waals surface area contributed by atoms with Crippen LogP contribution in [0.15, 0.2) is 54.6 Å². The van der Waals surface area contributed by atoms with Gasteiger partial charge in [-0.05, 0) is 30.2 Å². The maximum atomic E-state index is 11.6. The van der Waals surface area contributed by atoms with Gasteiger partial charge in [-0.15, -0.1) is 0 Å². The first-order valence-corrected chi connectivity index (χ1v) is 8.01. The van der Waals surface area contributed by atoms with Crippen molar-refractivity contribution >= 4 is 23.8 Å². The van der Waals surface area contributed by atoms with E-state index in [9.17, 15) is 4.79 Å². The van der Waals surface area contributed by atoms with Crippen molar-refractivity contribution in [3.05, 3.63) is 70.8 Å². The molecule has 0 aliphatic rings. The Morgan fingerprint density at radius 1 is 1.21 bits per heavy atom. The van der Waals surface area contributed by atoms with Gasteiger partial charge in [-0.1, -0.05) is 54.1 Å². The Bertz CT molecular complexity index is 686. The van der Waals surface area contributed by atoms with Crippen LogP contribution < -0.4 is 10.1 Å². The summed E-state index contributed by atoms with van der Waals surface area (Å²) in [5.74, 6) is 0.717. The quantitative estimate of drug-likeness (QED) is 0.741. The zero-order valence-corrected chi connectivity index (χ0v) is 14.3. The van der Waals surface area contributed by atoms with E-state index in [0.717, 1.165) is 11.1 Å². The molecule has 0 saturated carbocycles. The lowest BCUT2D eigenvalue weighted by atomic mass is 10.2.